The van der Waals surface area contributed by atoms with Crippen LogP contribution >= 0.6 is 0 Å². The summed E-state index contributed by atoms with van der Waals surface area (Å²) in [4.78, 5) is 11.9. The first-order valence-corrected chi connectivity index (χ1v) is 17.5. The first kappa shape index (κ1) is 39.4. The maximum absolute atomic E-state index is 11.9. The molecule has 1 amide bonds. The van der Waals surface area contributed by atoms with Gasteiger partial charge in [-0.2, -0.15) is 0 Å². The molecule has 0 aromatic carbocycles. The van der Waals surface area contributed by atoms with Crippen molar-refractivity contribution in [3.8, 4) is 0 Å². The molecule has 0 rings (SSSR count). The summed E-state index contributed by atoms with van der Waals surface area (Å²) in [5, 5.41) is 0. The maximum atomic E-state index is 11.9. The van der Waals surface area contributed by atoms with Crippen molar-refractivity contribution in [1.29, 1.82) is 0 Å². The van der Waals surface area contributed by atoms with Crippen molar-refractivity contribution < 1.29 is 4.79 Å². The summed E-state index contributed by atoms with van der Waals surface area (Å²) in [5.41, 5.74) is 5.71. The van der Waals surface area contributed by atoms with Crippen molar-refractivity contribution in [2.45, 2.75) is 206 Å². The Balaban J connectivity index is 0. The predicted molar refractivity (Wildman–Crippen MR) is 174 cm³/mol. The molecule has 0 aliphatic carbocycles. The number of hydrogen-bond donors (Lipinski definition) is 1. The molecule has 0 spiro atoms. The second-order valence-electron chi connectivity index (χ2n) is 11.9. The number of primary amides is 1. The molecule has 0 aromatic heterocycles. The zero-order valence-electron chi connectivity index (χ0n) is 26.7. The van der Waals surface area contributed by atoms with Crippen molar-refractivity contribution >= 4 is 5.91 Å². The van der Waals surface area contributed by atoms with E-state index in [1.807, 2.05) is 0 Å². The van der Waals surface area contributed by atoms with Gasteiger partial charge in [0.25, 0.3) is 0 Å². The third-order valence-electron chi connectivity index (χ3n) is 8.21. The number of nitrogens with two attached hydrogens (primary N) is 1. The van der Waals surface area contributed by atoms with Gasteiger partial charge in [0.2, 0.25) is 5.91 Å². The minimum Gasteiger partial charge on any atom is -0.369 e. The molecule has 38 heavy (non-hydrogen) atoms. The summed E-state index contributed by atoms with van der Waals surface area (Å²) >= 11 is 0. The van der Waals surface area contributed by atoms with Gasteiger partial charge in [-0.05, 0) is 12.8 Å². The van der Waals surface area contributed by atoms with Gasteiger partial charge in [-0.15, -0.1) is 13.2 Å². The number of amides is 1. The Labute approximate surface area is 241 Å². The molecule has 0 aliphatic rings. The van der Waals surface area contributed by atoms with E-state index in [0.29, 0.717) is 0 Å². The van der Waals surface area contributed by atoms with Crippen LogP contribution < -0.4 is 5.73 Å². The quantitative estimate of drug-likeness (QED) is 0.0696. The minimum atomic E-state index is -0.0561. The average Bonchev–Trinajstić information content (AvgIpc) is 2.93. The van der Waals surface area contributed by atoms with Crippen molar-refractivity contribution in [3.05, 3.63) is 13.2 Å². The molecule has 0 saturated carbocycles. The monoisotopic (exact) mass is 536 g/mol. The van der Waals surface area contributed by atoms with Gasteiger partial charge in [-0.1, -0.05) is 194 Å². The molecule has 0 aromatic rings. The van der Waals surface area contributed by atoms with E-state index in [9.17, 15) is 4.79 Å². The number of carbonyl (C=O) groups is 1. The Bertz CT molecular complexity index is 403. The van der Waals surface area contributed by atoms with Gasteiger partial charge in [0.1, 0.15) is 0 Å². The molecule has 0 heterocycles. The van der Waals surface area contributed by atoms with Gasteiger partial charge < -0.3 is 5.73 Å². The first-order chi connectivity index (χ1) is 18.7. The van der Waals surface area contributed by atoms with E-state index in [4.69, 9.17) is 5.73 Å². The van der Waals surface area contributed by atoms with Crippen LogP contribution in [0.4, 0.5) is 0 Å². The lowest BCUT2D eigenvalue weighted by molar-refractivity contribution is -0.122. The highest BCUT2D eigenvalue weighted by Gasteiger charge is 2.14. The van der Waals surface area contributed by atoms with Crippen molar-refractivity contribution in [3.63, 3.8) is 0 Å². The molecule has 0 aliphatic heterocycles. The van der Waals surface area contributed by atoms with Crippen molar-refractivity contribution in [2.24, 2.45) is 11.7 Å². The van der Waals surface area contributed by atoms with Crippen LogP contribution in [0.5, 0.6) is 0 Å². The fourth-order valence-corrected chi connectivity index (χ4v) is 5.60. The van der Waals surface area contributed by atoms with Crippen LogP contribution in [0.1, 0.15) is 206 Å². The predicted octanol–water partition coefficient (Wildman–Crippen LogP) is 12.6. The van der Waals surface area contributed by atoms with Gasteiger partial charge in [0.15, 0.2) is 0 Å². The number of unbranched alkanes of at least 4 members (excludes halogenated alkanes) is 26. The van der Waals surface area contributed by atoms with Gasteiger partial charge in [-0.3, -0.25) is 4.79 Å². The minimum absolute atomic E-state index is 0.0561. The van der Waals surface area contributed by atoms with Crippen molar-refractivity contribution in [2.75, 3.05) is 0 Å². The molecular weight excluding hydrogens is 462 g/mol. The van der Waals surface area contributed by atoms with E-state index in [1.54, 1.807) is 0 Å². The van der Waals surface area contributed by atoms with E-state index in [0.717, 1.165) is 12.8 Å². The molecule has 0 fully saturated rings. The van der Waals surface area contributed by atoms with Crippen LogP contribution in [-0.4, -0.2) is 5.91 Å². The molecule has 2 heteroatoms. The molecule has 0 bridgehead atoms. The van der Waals surface area contributed by atoms with Gasteiger partial charge >= 0.3 is 0 Å². The number of carbonyl (C=O) groups excluding carboxylic acids is 1. The highest BCUT2D eigenvalue weighted by Crippen LogP contribution is 2.20. The SMILES string of the molecule is C=C.CCCCCCCCCCCCCCCCC(CCCCCCCCCCCCCCCC)C(N)=O. The Morgan fingerprint density at radius 2 is 0.605 bits per heavy atom. The van der Waals surface area contributed by atoms with Crippen molar-refractivity contribution in [1.82, 2.24) is 0 Å². The van der Waals surface area contributed by atoms with E-state index < -0.39 is 0 Å². The lowest BCUT2D eigenvalue weighted by Gasteiger charge is -2.13. The second-order valence-corrected chi connectivity index (χ2v) is 11.9. The summed E-state index contributed by atoms with van der Waals surface area (Å²) in [6.45, 7) is 10.6. The van der Waals surface area contributed by atoms with Crippen LogP contribution in [-0.2, 0) is 4.79 Å². The summed E-state index contributed by atoms with van der Waals surface area (Å²) in [6.07, 6.45) is 40.8. The van der Waals surface area contributed by atoms with E-state index >= 15 is 0 Å². The largest absolute Gasteiger partial charge is 0.369 e. The Hall–Kier alpha value is -0.790. The maximum Gasteiger partial charge on any atom is 0.220 e. The molecule has 0 unspecified atom stereocenters. The summed E-state index contributed by atoms with van der Waals surface area (Å²) in [6, 6.07) is 0. The summed E-state index contributed by atoms with van der Waals surface area (Å²) < 4.78 is 0. The lowest BCUT2D eigenvalue weighted by Crippen LogP contribution is -2.23. The third-order valence-corrected chi connectivity index (χ3v) is 8.21. The van der Waals surface area contributed by atoms with Gasteiger partial charge in [0.05, 0.1) is 0 Å². The molecular formula is C36H73NO. The summed E-state index contributed by atoms with van der Waals surface area (Å²) in [7, 11) is 0. The highest BCUT2D eigenvalue weighted by molar-refractivity contribution is 5.76. The number of rotatable bonds is 31. The second kappa shape index (κ2) is 36.2. The van der Waals surface area contributed by atoms with E-state index in [2.05, 4.69) is 27.0 Å². The number of hydrogen-bond acceptors (Lipinski definition) is 1. The Morgan fingerprint density at radius 3 is 0.789 bits per heavy atom. The van der Waals surface area contributed by atoms with E-state index in [1.165, 1.54) is 180 Å². The highest BCUT2D eigenvalue weighted by atomic mass is 16.1. The average molecular weight is 536 g/mol. The molecule has 0 atom stereocenters. The fourth-order valence-electron chi connectivity index (χ4n) is 5.60. The van der Waals surface area contributed by atoms with Crippen LogP contribution in [0, 0.1) is 5.92 Å². The Kier molecular flexibility index (Phi) is 37.5. The lowest BCUT2D eigenvalue weighted by atomic mass is 9.93. The Morgan fingerprint density at radius 1 is 0.421 bits per heavy atom. The van der Waals surface area contributed by atoms with Gasteiger partial charge in [-0.25, -0.2) is 0 Å². The van der Waals surface area contributed by atoms with Crippen LogP contribution in [0.3, 0.4) is 0 Å². The van der Waals surface area contributed by atoms with Gasteiger partial charge in [0, 0.05) is 5.92 Å². The smallest absolute Gasteiger partial charge is 0.220 e. The normalized spacial score (nSPS) is 11.0. The third kappa shape index (κ3) is 33.2. The molecule has 2 nitrogen and oxygen atoms in total. The molecule has 0 saturated heterocycles. The van der Waals surface area contributed by atoms with Crippen LogP contribution in [0.25, 0.3) is 0 Å². The zero-order chi connectivity index (χ0) is 28.4. The standard InChI is InChI=1S/C34H69NO.C2H4/c1-3-5-7-9-11-13-15-17-19-21-23-25-27-29-31-33(34(35)36)32-30-28-26-24-22-20-18-16-14-12-10-8-6-4-2;1-2/h33H,3-32H2,1-2H3,(H2,35,36);1-2H2. The molecule has 2 N–H and O–H groups in total. The zero-order valence-corrected chi connectivity index (χ0v) is 26.7. The molecule has 0 radical (unpaired) electrons. The van der Waals surface area contributed by atoms with Crippen LogP contribution in [0.15, 0.2) is 13.2 Å². The van der Waals surface area contributed by atoms with E-state index in [-0.39, 0.29) is 11.8 Å². The molecule has 228 valence electrons. The fraction of sp³-hybridized carbons (Fsp3) is 0.917. The topological polar surface area (TPSA) is 43.1 Å². The van der Waals surface area contributed by atoms with Crippen LogP contribution in [0.2, 0.25) is 0 Å². The first-order valence-electron chi connectivity index (χ1n) is 17.5. The summed E-state index contributed by atoms with van der Waals surface area (Å²) in [5.74, 6) is 0.0686.